The Kier molecular flexibility index (Phi) is 7.91. The van der Waals surface area contributed by atoms with Gasteiger partial charge in [0, 0.05) is 42.9 Å². The lowest BCUT2D eigenvalue weighted by Gasteiger charge is -2.38. The number of carbonyl (C=O) groups excluding carboxylic acids is 3. The van der Waals surface area contributed by atoms with Gasteiger partial charge in [-0.2, -0.15) is 0 Å². The van der Waals surface area contributed by atoms with Gasteiger partial charge in [0.1, 0.15) is 11.6 Å². The number of halogens is 1. The fourth-order valence-corrected chi connectivity index (χ4v) is 7.71. The third-order valence-corrected chi connectivity index (χ3v) is 10.6. The monoisotopic (exact) mass is 584 g/mol. The molecule has 1 aliphatic carbocycles. The van der Waals surface area contributed by atoms with Crippen molar-refractivity contribution in [2.24, 2.45) is 23.7 Å². The number of nitrogens with zero attached hydrogens (tertiary/aromatic N) is 2. The van der Waals surface area contributed by atoms with Crippen molar-refractivity contribution in [3.8, 4) is 0 Å². The average Bonchev–Trinajstić information content (AvgIpc) is 3.60. The molecule has 5 aliphatic rings. The second kappa shape index (κ2) is 11.3. The van der Waals surface area contributed by atoms with E-state index in [1.54, 1.807) is 17.0 Å². The van der Waals surface area contributed by atoms with Crippen LogP contribution in [0.4, 0.5) is 5.69 Å². The van der Waals surface area contributed by atoms with E-state index < -0.39 is 29.6 Å². The third-order valence-electron chi connectivity index (χ3n) is 10.2. The van der Waals surface area contributed by atoms with Crippen LogP contribution in [0, 0.1) is 30.6 Å². The van der Waals surface area contributed by atoms with Gasteiger partial charge in [-0.15, -0.1) is 0 Å². The molecule has 6 rings (SSSR count). The molecule has 2 bridgehead atoms. The summed E-state index contributed by atoms with van der Waals surface area (Å²) < 4.78 is 12.0. The number of carbonyl (C=O) groups is 3. The van der Waals surface area contributed by atoms with Gasteiger partial charge in [-0.3, -0.25) is 19.3 Å². The van der Waals surface area contributed by atoms with Gasteiger partial charge in [-0.05, 0) is 42.9 Å². The van der Waals surface area contributed by atoms with Gasteiger partial charge in [0.05, 0.1) is 31.2 Å². The Bertz CT molecular complexity index is 1230. The summed E-state index contributed by atoms with van der Waals surface area (Å²) in [6.07, 6.45) is 6.30. The van der Waals surface area contributed by atoms with Crippen molar-refractivity contribution in [1.29, 1.82) is 0 Å². The molecule has 0 unspecified atom stereocenters. The van der Waals surface area contributed by atoms with Crippen molar-refractivity contribution >= 4 is 35.0 Å². The summed E-state index contributed by atoms with van der Waals surface area (Å²) in [5.74, 6) is -1.35. The number of benzene rings is 1. The highest BCUT2D eigenvalue weighted by Crippen LogP contribution is 2.55. The van der Waals surface area contributed by atoms with Crippen LogP contribution in [0.1, 0.15) is 38.7 Å². The quantitative estimate of drug-likeness (QED) is 0.478. The molecule has 8 atom stereocenters. The number of anilines is 1. The number of likely N-dealkylation sites (tertiary alicyclic amines) is 1. The number of nitrogens with one attached hydrogen (secondary N) is 2. The average molecular weight is 585 g/mol. The van der Waals surface area contributed by atoms with Crippen molar-refractivity contribution in [1.82, 2.24) is 15.1 Å². The normalized spacial score (nSPS) is 36.4. The van der Waals surface area contributed by atoms with E-state index in [1.807, 2.05) is 25.1 Å². The first-order valence-electron chi connectivity index (χ1n) is 15.0. The molecule has 1 saturated carbocycles. The van der Waals surface area contributed by atoms with Gasteiger partial charge < -0.3 is 25.0 Å². The van der Waals surface area contributed by atoms with E-state index in [9.17, 15) is 14.4 Å². The first-order valence-corrected chi connectivity index (χ1v) is 15.4. The van der Waals surface area contributed by atoms with E-state index in [0.717, 1.165) is 37.9 Å². The smallest absolute Gasteiger partial charge is 0.246 e. The maximum absolute atomic E-state index is 14.2. The zero-order chi connectivity index (χ0) is 28.9. The molecule has 1 aromatic carbocycles. The van der Waals surface area contributed by atoms with Crippen molar-refractivity contribution in [3.63, 3.8) is 0 Å². The summed E-state index contributed by atoms with van der Waals surface area (Å²) in [6, 6.07) is 4.57. The minimum Gasteiger partial charge on any atom is -0.379 e. The van der Waals surface area contributed by atoms with Gasteiger partial charge in [-0.25, -0.2) is 0 Å². The van der Waals surface area contributed by atoms with Gasteiger partial charge in [-0.1, -0.05) is 56.5 Å². The number of rotatable bonds is 7. The van der Waals surface area contributed by atoms with Gasteiger partial charge in [0.25, 0.3) is 0 Å². The second-order valence-corrected chi connectivity index (χ2v) is 12.9. The van der Waals surface area contributed by atoms with Crippen LogP contribution in [0.2, 0.25) is 5.02 Å². The molecule has 10 heteroatoms. The Morgan fingerprint density at radius 2 is 1.90 bits per heavy atom. The second-order valence-electron chi connectivity index (χ2n) is 12.5. The van der Waals surface area contributed by atoms with Crippen LogP contribution >= 0.6 is 11.6 Å². The van der Waals surface area contributed by atoms with Gasteiger partial charge in [0.15, 0.2) is 0 Å². The molecule has 41 heavy (non-hydrogen) atoms. The maximum Gasteiger partial charge on any atom is 0.246 e. The molecule has 2 N–H and O–H groups in total. The summed E-state index contributed by atoms with van der Waals surface area (Å²) >= 11 is 6.30. The summed E-state index contributed by atoms with van der Waals surface area (Å²) in [5.41, 5.74) is 0.302. The third kappa shape index (κ3) is 5.09. The van der Waals surface area contributed by atoms with Gasteiger partial charge in [0.2, 0.25) is 17.7 Å². The van der Waals surface area contributed by atoms with Crippen molar-refractivity contribution in [3.05, 3.63) is 40.9 Å². The Morgan fingerprint density at radius 1 is 1.12 bits per heavy atom. The highest BCUT2D eigenvalue weighted by atomic mass is 35.5. The molecule has 4 aliphatic heterocycles. The topological polar surface area (TPSA) is 100 Å². The molecule has 222 valence electrons. The Balaban J connectivity index is 1.27. The minimum atomic E-state index is -1.17. The van der Waals surface area contributed by atoms with Crippen LogP contribution in [0.15, 0.2) is 30.4 Å². The number of amides is 3. The number of aryl methyl sites for hydroxylation is 1. The molecule has 0 radical (unpaired) electrons. The first-order chi connectivity index (χ1) is 19.7. The van der Waals surface area contributed by atoms with Crippen molar-refractivity contribution < 1.29 is 23.9 Å². The number of ether oxygens (including phenoxy) is 2. The Labute approximate surface area is 246 Å². The molecular formula is C31H41ClN4O5. The zero-order valence-corrected chi connectivity index (χ0v) is 24.9. The fraction of sp³-hybridized carbons (Fsp3) is 0.645. The SMILES string of the molecule is Cc1ccc(NC(=O)[C@H]2[C@H]3C=C[C@@]4(O3)[C@H]2C(=O)N(CCN2CCOCC2)[C@@H]4C(=O)N[C@@H]2CCC[C@@H](C)[C@@H]2C)cc1Cl. The van der Waals surface area contributed by atoms with E-state index >= 15 is 0 Å². The molecular weight excluding hydrogens is 544 g/mol. The largest absolute Gasteiger partial charge is 0.379 e. The molecule has 3 saturated heterocycles. The lowest BCUT2D eigenvalue weighted by atomic mass is 9.73. The zero-order valence-electron chi connectivity index (χ0n) is 24.1. The molecule has 0 aromatic heterocycles. The summed E-state index contributed by atoms with van der Waals surface area (Å²) in [7, 11) is 0. The van der Waals surface area contributed by atoms with Crippen LogP contribution in [0.3, 0.4) is 0 Å². The predicted molar refractivity (Wildman–Crippen MR) is 155 cm³/mol. The highest BCUT2D eigenvalue weighted by Gasteiger charge is 2.72. The summed E-state index contributed by atoms with van der Waals surface area (Å²) in [5, 5.41) is 6.83. The molecule has 3 amide bonds. The summed E-state index contributed by atoms with van der Waals surface area (Å²) in [6.45, 7) is 10.2. The Morgan fingerprint density at radius 3 is 2.66 bits per heavy atom. The number of hydrogen-bond acceptors (Lipinski definition) is 6. The molecule has 4 heterocycles. The van der Waals surface area contributed by atoms with Gasteiger partial charge >= 0.3 is 0 Å². The standard InChI is InChI=1S/C31H41ClN4O5/c1-18-5-4-6-23(20(18)3)34-29(38)27-31-10-9-24(41-31)25(28(37)33-21-8-7-19(2)22(32)17-21)26(31)30(39)36(27)12-11-35-13-15-40-16-14-35/h7-10,17-18,20,23-27H,4-6,11-16H2,1-3H3,(H,33,37)(H,34,38)/t18-,20+,23-,24-,25+,26-,27-,31-/m1/s1. The molecule has 1 spiro atoms. The van der Waals surface area contributed by atoms with E-state index in [0.29, 0.717) is 48.8 Å². The fourth-order valence-electron chi connectivity index (χ4n) is 7.53. The van der Waals surface area contributed by atoms with E-state index in [1.165, 1.54) is 0 Å². The molecule has 1 aromatic rings. The predicted octanol–water partition coefficient (Wildman–Crippen LogP) is 3.01. The number of hydrogen-bond donors (Lipinski definition) is 2. The highest BCUT2D eigenvalue weighted by molar-refractivity contribution is 6.31. The first kappa shape index (κ1) is 28.6. The van der Waals surface area contributed by atoms with Crippen molar-refractivity contribution in [2.45, 2.75) is 63.8 Å². The van der Waals surface area contributed by atoms with Crippen LogP contribution in [-0.2, 0) is 23.9 Å². The molecule has 4 fully saturated rings. The van der Waals surface area contributed by atoms with Crippen molar-refractivity contribution in [2.75, 3.05) is 44.7 Å². The van der Waals surface area contributed by atoms with E-state index in [2.05, 4.69) is 29.4 Å². The lowest BCUT2D eigenvalue weighted by Crippen LogP contribution is -2.58. The van der Waals surface area contributed by atoms with E-state index in [-0.39, 0.29) is 23.8 Å². The van der Waals surface area contributed by atoms with Crippen LogP contribution < -0.4 is 10.6 Å². The lowest BCUT2D eigenvalue weighted by molar-refractivity contribution is -0.142. The van der Waals surface area contributed by atoms with Crippen LogP contribution in [-0.4, -0.2) is 90.7 Å². The minimum absolute atomic E-state index is 0.0471. The summed E-state index contributed by atoms with van der Waals surface area (Å²) in [4.78, 5) is 46.0. The maximum atomic E-state index is 14.2. The molecule has 9 nitrogen and oxygen atoms in total. The van der Waals surface area contributed by atoms with Crippen LogP contribution in [0.25, 0.3) is 0 Å². The number of morpholine rings is 1. The number of fused-ring (bicyclic) bond motifs is 1. The Hall–Kier alpha value is -2.46. The van der Waals surface area contributed by atoms with Crippen LogP contribution in [0.5, 0.6) is 0 Å². The van der Waals surface area contributed by atoms with E-state index in [4.69, 9.17) is 21.1 Å².